The number of imidazole rings is 1. The van der Waals surface area contributed by atoms with E-state index in [1.807, 2.05) is 0 Å². The summed E-state index contributed by atoms with van der Waals surface area (Å²) in [5, 5.41) is 2.48. The topological polar surface area (TPSA) is 43.3 Å². The molecule has 18 heavy (non-hydrogen) atoms. The summed E-state index contributed by atoms with van der Waals surface area (Å²) in [6, 6.07) is 8.51. The molecule has 0 saturated carbocycles. The first-order valence-corrected chi connectivity index (χ1v) is 6.28. The zero-order valence-corrected chi connectivity index (χ0v) is 10.8. The Labute approximate surface area is 106 Å². The quantitative estimate of drug-likeness (QED) is 0.747. The number of fused-ring (bicyclic) bond motifs is 3. The van der Waals surface area contributed by atoms with Crippen LogP contribution in [-0.2, 0) is 6.42 Å². The van der Waals surface area contributed by atoms with E-state index in [1.165, 1.54) is 22.0 Å². The highest BCUT2D eigenvalue weighted by atomic mass is 15.0. The minimum absolute atomic E-state index is 0.653. The lowest BCUT2D eigenvalue weighted by Crippen LogP contribution is -2.06. The third-order valence-corrected chi connectivity index (χ3v) is 3.52. The average molecular weight is 239 g/mol. The van der Waals surface area contributed by atoms with Gasteiger partial charge in [0.25, 0.3) is 0 Å². The van der Waals surface area contributed by atoms with Crippen LogP contribution in [0.2, 0.25) is 0 Å². The summed E-state index contributed by atoms with van der Waals surface area (Å²) in [7, 11) is 0. The number of nitrogens with zero attached hydrogens (tertiary/aromatic N) is 2. The molecule has 0 atom stereocenters. The maximum atomic E-state index is 5.68. The summed E-state index contributed by atoms with van der Waals surface area (Å²) in [5.41, 5.74) is 10.3. The molecule has 2 aromatic heterocycles. The Balaban J connectivity index is 2.45. The molecule has 1 aromatic carbocycles. The number of benzene rings is 1. The fourth-order valence-corrected chi connectivity index (χ4v) is 2.64. The van der Waals surface area contributed by atoms with Crippen molar-refractivity contribution in [1.29, 1.82) is 0 Å². The molecule has 3 rings (SSSR count). The Hall–Kier alpha value is -1.87. The van der Waals surface area contributed by atoms with Gasteiger partial charge < -0.3 is 10.1 Å². The monoisotopic (exact) mass is 239 g/mol. The van der Waals surface area contributed by atoms with Crippen LogP contribution in [-0.4, -0.2) is 15.9 Å². The molecule has 3 aromatic rings. The zero-order chi connectivity index (χ0) is 12.7. The lowest BCUT2D eigenvalue weighted by molar-refractivity contribution is 0.895. The number of hydrogen-bond acceptors (Lipinski definition) is 2. The van der Waals surface area contributed by atoms with Crippen LogP contribution in [0.25, 0.3) is 16.4 Å². The minimum Gasteiger partial charge on any atom is -0.330 e. The first-order chi connectivity index (χ1) is 8.72. The van der Waals surface area contributed by atoms with Crippen molar-refractivity contribution in [3.05, 3.63) is 47.4 Å². The van der Waals surface area contributed by atoms with Gasteiger partial charge in [-0.25, -0.2) is 4.98 Å². The minimum atomic E-state index is 0.653. The highest BCUT2D eigenvalue weighted by Gasteiger charge is 2.11. The average Bonchev–Trinajstić information content (AvgIpc) is 2.67. The molecule has 0 aliphatic rings. The van der Waals surface area contributed by atoms with Crippen LogP contribution in [0.4, 0.5) is 0 Å². The molecule has 0 spiro atoms. The summed E-state index contributed by atoms with van der Waals surface area (Å²) in [4.78, 5) is 4.73. The van der Waals surface area contributed by atoms with Crippen molar-refractivity contribution in [2.45, 2.75) is 20.3 Å². The highest BCUT2D eigenvalue weighted by Crippen LogP contribution is 2.25. The van der Waals surface area contributed by atoms with Crippen molar-refractivity contribution in [2.75, 3.05) is 6.54 Å². The summed E-state index contributed by atoms with van der Waals surface area (Å²) >= 11 is 0. The van der Waals surface area contributed by atoms with E-state index in [4.69, 9.17) is 10.7 Å². The summed E-state index contributed by atoms with van der Waals surface area (Å²) in [5.74, 6) is 0. The second-order valence-corrected chi connectivity index (χ2v) is 4.73. The number of pyridine rings is 1. The van der Waals surface area contributed by atoms with Crippen molar-refractivity contribution in [3.63, 3.8) is 0 Å². The Bertz CT molecular complexity index is 725. The van der Waals surface area contributed by atoms with E-state index < -0.39 is 0 Å². The molecule has 0 radical (unpaired) electrons. The van der Waals surface area contributed by atoms with Gasteiger partial charge in [-0.1, -0.05) is 18.2 Å². The normalized spacial score (nSPS) is 11.5. The standard InChI is InChI=1S/C15H17N3/c1-10-4-3-5-12-7-9-18-13(6-8-16)11(2)17-15(18)14(10)12/h3-5,7,9H,6,8,16H2,1-2H3. The van der Waals surface area contributed by atoms with E-state index in [0.29, 0.717) is 6.54 Å². The summed E-state index contributed by atoms with van der Waals surface area (Å²) in [6.07, 6.45) is 2.96. The van der Waals surface area contributed by atoms with E-state index in [9.17, 15) is 0 Å². The molecule has 0 aliphatic heterocycles. The van der Waals surface area contributed by atoms with Gasteiger partial charge in [-0.15, -0.1) is 0 Å². The van der Waals surface area contributed by atoms with Crippen LogP contribution in [0.3, 0.4) is 0 Å². The van der Waals surface area contributed by atoms with E-state index >= 15 is 0 Å². The van der Waals surface area contributed by atoms with Gasteiger partial charge in [0.05, 0.1) is 5.69 Å². The SMILES string of the molecule is Cc1nc2c3c(C)cccc3ccn2c1CCN. The van der Waals surface area contributed by atoms with Crippen molar-refractivity contribution >= 4 is 16.4 Å². The van der Waals surface area contributed by atoms with Crippen LogP contribution in [0, 0.1) is 13.8 Å². The first-order valence-electron chi connectivity index (χ1n) is 6.28. The Kier molecular flexibility index (Phi) is 2.56. The highest BCUT2D eigenvalue weighted by molar-refractivity contribution is 5.96. The predicted octanol–water partition coefficient (Wildman–Crippen LogP) is 2.61. The van der Waals surface area contributed by atoms with E-state index in [1.54, 1.807) is 0 Å². The van der Waals surface area contributed by atoms with E-state index in [2.05, 4.69) is 48.7 Å². The maximum absolute atomic E-state index is 5.68. The molecule has 2 heterocycles. The molecule has 0 amide bonds. The number of rotatable bonds is 2. The molecule has 0 fully saturated rings. The lowest BCUT2D eigenvalue weighted by Gasteiger charge is -2.05. The molecule has 3 heteroatoms. The number of hydrogen-bond donors (Lipinski definition) is 1. The van der Waals surface area contributed by atoms with Gasteiger partial charge in [-0.3, -0.25) is 0 Å². The molecule has 0 bridgehead atoms. The predicted molar refractivity (Wildman–Crippen MR) is 74.9 cm³/mol. The fraction of sp³-hybridized carbons (Fsp3) is 0.267. The number of aromatic nitrogens is 2. The Morgan fingerprint density at radius 2 is 2.06 bits per heavy atom. The van der Waals surface area contributed by atoms with Gasteiger partial charge in [0, 0.05) is 23.7 Å². The van der Waals surface area contributed by atoms with Gasteiger partial charge in [0.1, 0.15) is 5.65 Å². The molecule has 2 N–H and O–H groups in total. The molecule has 0 aliphatic carbocycles. The maximum Gasteiger partial charge on any atom is 0.145 e. The molecule has 0 unspecified atom stereocenters. The van der Waals surface area contributed by atoms with Gasteiger partial charge in [-0.2, -0.15) is 0 Å². The van der Waals surface area contributed by atoms with Crippen LogP contribution >= 0.6 is 0 Å². The third kappa shape index (κ3) is 1.51. The van der Waals surface area contributed by atoms with Crippen LogP contribution < -0.4 is 5.73 Å². The zero-order valence-electron chi connectivity index (χ0n) is 10.8. The van der Waals surface area contributed by atoms with Crippen molar-refractivity contribution in [3.8, 4) is 0 Å². The smallest absolute Gasteiger partial charge is 0.145 e. The molecular formula is C15H17N3. The van der Waals surface area contributed by atoms with Gasteiger partial charge >= 0.3 is 0 Å². The van der Waals surface area contributed by atoms with Crippen molar-refractivity contribution < 1.29 is 0 Å². The van der Waals surface area contributed by atoms with Crippen LogP contribution in [0.5, 0.6) is 0 Å². The van der Waals surface area contributed by atoms with E-state index in [-0.39, 0.29) is 0 Å². The van der Waals surface area contributed by atoms with Gasteiger partial charge in [0.2, 0.25) is 0 Å². The third-order valence-electron chi connectivity index (χ3n) is 3.52. The molecular weight excluding hydrogens is 222 g/mol. The van der Waals surface area contributed by atoms with Gasteiger partial charge in [-0.05, 0) is 37.4 Å². The lowest BCUT2D eigenvalue weighted by atomic mass is 10.1. The first kappa shape index (κ1) is 11.2. The largest absolute Gasteiger partial charge is 0.330 e. The van der Waals surface area contributed by atoms with Gasteiger partial charge in [0.15, 0.2) is 0 Å². The second-order valence-electron chi connectivity index (χ2n) is 4.73. The second kappa shape index (κ2) is 4.10. The molecule has 0 saturated heterocycles. The molecule has 92 valence electrons. The Morgan fingerprint density at radius 1 is 1.22 bits per heavy atom. The Morgan fingerprint density at radius 3 is 2.83 bits per heavy atom. The fourth-order valence-electron chi connectivity index (χ4n) is 2.64. The summed E-state index contributed by atoms with van der Waals surface area (Å²) in [6.45, 7) is 4.84. The van der Waals surface area contributed by atoms with Crippen molar-refractivity contribution in [2.24, 2.45) is 5.73 Å². The van der Waals surface area contributed by atoms with E-state index in [0.717, 1.165) is 17.8 Å². The van der Waals surface area contributed by atoms with Crippen LogP contribution in [0.1, 0.15) is 17.0 Å². The summed E-state index contributed by atoms with van der Waals surface area (Å²) < 4.78 is 2.18. The van der Waals surface area contributed by atoms with Crippen LogP contribution in [0.15, 0.2) is 30.5 Å². The van der Waals surface area contributed by atoms with Crippen molar-refractivity contribution in [1.82, 2.24) is 9.38 Å². The molecule has 3 nitrogen and oxygen atoms in total. The number of nitrogens with two attached hydrogens (primary N) is 1. The number of aryl methyl sites for hydroxylation is 2.